The summed E-state index contributed by atoms with van der Waals surface area (Å²) in [4.78, 5) is 25.6. The molecule has 1 atom stereocenters. The van der Waals surface area contributed by atoms with Crippen molar-refractivity contribution in [2.75, 3.05) is 33.0 Å². The first-order chi connectivity index (χ1) is 12.6. The van der Waals surface area contributed by atoms with Crippen LogP contribution in [0.3, 0.4) is 0 Å². The van der Waals surface area contributed by atoms with E-state index >= 15 is 0 Å². The number of rotatable bonds is 9. The van der Waals surface area contributed by atoms with Gasteiger partial charge in [-0.15, -0.1) is 0 Å². The third kappa shape index (κ3) is 5.36. The maximum atomic E-state index is 12.9. The Hall–Kier alpha value is -2.28. The van der Waals surface area contributed by atoms with E-state index in [0.29, 0.717) is 43.4 Å². The minimum atomic E-state index is -0.950. The second-order valence-corrected chi connectivity index (χ2v) is 6.18. The molecular weight excluding hydrogens is 338 g/mol. The van der Waals surface area contributed by atoms with Gasteiger partial charge in [-0.2, -0.15) is 0 Å². The Morgan fingerprint density at radius 3 is 2.54 bits per heavy atom. The van der Waals surface area contributed by atoms with Gasteiger partial charge < -0.3 is 24.2 Å². The average Bonchev–Trinajstić information content (AvgIpc) is 2.64. The molecule has 0 spiro atoms. The number of morpholine rings is 1. The lowest BCUT2D eigenvalue weighted by Crippen LogP contribution is -2.49. The summed E-state index contributed by atoms with van der Waals surface area (Å²) < 4.78 is 16.8. The molecule has 1 aromatic rings. The molecule has 1 fully saturated rings. The average molecular weight is 365 g/mol. The summed E-state index contributed by atoms with van der Waals surface area (Å²) in [5, 5.41) is 9.07. The van der Waals surface area contributed by atoms with Crippen LogP contribution in [0, 0.1) is 0 Å². The van der Waals surface area contributed by atoms with Gasteiger partial charge in [0.2, 0.25) is 0 Å². The standard InChI is InChI=1S/C19H27NO6/c1-3-8-25-16-6-5-14(11-17(16)26-9-4-2)19(23)20-7-10-24-13-15(20)12-18(21)22/h5-6,11,15H,3-4,7-10,12-13H2,1-2H3,(H,21,22). The van der Waals surface area contributed by atoms with Crippen LogP contribution in [0.1, 0.15) is 43.5 Å². The molecule has 0 radical (unpaired) electrons. The van der Waals surface area contributed by atoms with Gasteiger partial charge in [-0.25, -0.2) is 0 Å². The van der Waals surface area contributed by atoms with Crippen LogP contribution < -0.4 is 9.47 Å². The van der Waals surface area contributed by atoms with Crippen molar-refractivity contribution in [1.29, 1.82) is 0 Å². The minimum absolute atomic E-state index is 0.136. The fourth-order valence-corrected chi connectivity index (χ4v) is 2.76. The summed E-state index contributed by atoms with van der Waals surface area (Å²) in [6, 6.07) is 4.64. The van der Waals surface area contributed by atoms with E-state index in [2.05, 4.69) is 0 Å². The zero-order chi connectivity index (χ0) is 18.9. The van der Waals surface area contributed by atoms with E-state index in [4.69, 9.17) is 19.3 Å². The van der Waals surface area contributed by atoms with E-state index in [-0.39, 0.29) is 18.9 Å². The van der Waals surface area contributed by atoms with Crippen molar-refractivity contribution in [2.24, 2.45) is 0 Å². The third-order valence-electron chi connectivity index (χ3n) is 4.01. The highest BCUT2D eigenvalue weighted by molar-refractivity contribution is 5.95. The minimum Gasteiger partial charge on any atom is -0.490 e. The number of hydrogen-bond acceptors (Lipinski definition) is 5. The normalized spacial score (nSPS) is 17.0. The zero-order valence-corrected chi connectivity index (χ0v) is 15.4. The summed E-state index contributed by atoms with van der Waals surface area (Å²) in [7, 11) is 0. The lowest BCUT2D eigenvalue weighted by molar-refractivity contribution is -0.139. The van der Waals surface area contributed by atoms with Gasteiger partial charge in [0.25, 0.3) is 5.91 Å². The molecule has 1 unspecified atom stereocenters. The number of hydrogen-bond donors (Lipinski definition) is 1. The Morgan fingerprint density at radius 1 is 1.19 bits per heavy atom. The molecule has 1 aliphatic rings. The topological polar surface area (TPSA) is 85.3 Å². The zero-order valence-electron chi connectivity index (χ0n) is 15.4. The molecule has 1 heterocycles. The van der Waals surface area contributed by atoms with Crippen molar-refractivity contribution in [1.82, 2.24) is 4.90 Å². The highest BCUT2D eigenvalue weighted by atomic mass is 16.5. The van der Waals surface area contributed by atoms with Crippen molar-refractivity contribution < 1.29 is 28.9 Å². The van der Waals surface area contributed by atoms with Gasteiger partial charge in [0.15, 0.2) is 11.5 Å². The molecule has 2 rings (SSSR count). The first kappa shape index (κ1) is 20.0. The smallest absolute Gasteiger partial charge is 0.305 e. The molecule has 7 heteroatoms. The summed E-state index contributed by atoms with van der Waals surface area (Å²) in [6.45, 7) is 6.13. The lowest BCUT2D eigenvalue weighted by atomic mass is 10.1. The predicted octanol–water partition coefficient (Wildman–Crippen LogP) is 2.58. The van der Waals surface area contributed by atoms with Crippen LogP contribution >= 0.6 is 0 Å². The fraction of sp³-hybridized carbons (Fsp3) is 0.579. The highest BCUT2D eigenvalue weighted by Crippen LogP contribution is 2.30. The van der Waals surface area contributed by atoms with Crippen LogP contribution in [0.5, 0.6) is 11.5 Å². The van der Waals surface area contributed by atoms with Gasteiger partial charge in [0.1, 0.15) is 0 Å². The molecule has 1 aliphatic heterocycles. The van der Waals surface area contributed by atoms with Crippen LogP contribution in [0.2, 0.25) is 0 Å². The second kappa shape index (κ2) is 10.0. The van der Waals surface area contributed by atoms with Gasteiger partial charge in [-0.1, -0.05) is 13.8 Å². The summed E-state index contributed by atoms with van der Waals surface area (Å²) in [5.41, 5.74) is 0.456. The predicted molar refractivity (Wildman–Crippen MR) is 95.9 cm³/mol. The van der Waals surface area contributed by atoms with E-state index in [1.165, 1.54) is 0 Å². The molecule has 26 heavy (non-hydrogen) atoms. The van der Waals surface area contributed by atoms with Crippen molar-refractivity contribution in [2.45, 2.75) is 39.2 Å². The molecule has 0 aromatic heterocycles. The number of carboxylic acid groups (broad SMARTS) is 1. The van der Waals surface area contributed by atoms with E-state index in [0.717, 1.165) is 12.8 Å². The molecular formula is C19H27NO6. The Balaban J connectivity index is 2.21. The Morgan fingerprint density at radius 2 is 1.88 bits per heavy atom. The van der Waals surface area contributed by atoms with E-state index in [1.807, 2.05) is 13.8 Å². The molecule has 0 saturated carbocycles. The van der Waals surface area contributed by atoms with Gasteiger partial charge >= 0.3 is 5.97 Å². The first-order valence-electron chi connectivity index (χ1n) is 9.07. The number of carbonyl (C=O) groups is 2. The van der Waals surface area contributed by atoms with E-state index in [9.17, 15) is 9.59 Å². The van der Waals surface area contributed by atoms with Crippen LogP contribution in [0.15, 0.2) is 18.2 Å². The third-order valence-corrected chi connectivity index (χ3v) is 4.01. The van der Waals surface area contributed by atoms with Crippen molar-refractivity contribution in [3.63, 3.8) is 0 Å². The van der Waals surface area contributed by atoms with Crippen molar-refractivity contribution in [3.8, 4) is 11.5 Å². The number of carboxylic acids is 1. The molecule has 1 saturated heterocycles. The summed E-state index contributed by atoms with van der Waals surface area (Å²) in [5.74, 6) is -0.0216. The number of aliphatic carboxylic acids is 1. The fourth-order valence-electron chi connectivity index (χ4n) is 2.76. The quantitative estimate of drug-likeness (QED) is 0.724. The molecule has 7 nitrogen and oxygen atoms in total. The largest absolute Gasteiger partial charge is 0.490 e. The van der Waals surface area contributed by atoms with E-state index in [1.54, 1.807) is 23.1 Å². The molecule has 1 N–H and O–H groups in total. The first-order valence-corrected chi connectivity index (χ1v) is 9.07. The van der Waals surface area contributed by atoms with Gasteiger partial charge in [0.05, 0.1) is 38.9 Å². The maximum absolute atomic E-state index is 12.9. The van der Waals surface area contributed by atoms with E-state index < -0.39 is 12.0 Å². The van der Waals surface area contributed by atoms with Gasteiger partial charge in [0, 0.05) is 12.1 Å². The second-order valence-electron chi connectivity index (χ2n) is 6.18. The van der Waals surface area contributed by atoms with Crippen LogP contribution in [-0.4, -0.2) is 60.9 Å². The Bertz CT molecular complexity index is 618. The van der Waals surface area contributed by atoms with Crippen molar-refractivity contribution >= 4 is 11.9 Å². The Kier molecular flexibility index (Phi) is 7.72. The maximum Gasteiger partial charge on any atom is 0.305 e. The number of amides is 1. The lowest BCUT2D eigenvalue weighted by Gasteiger charge is -2.35. The Labute approximate surface area is 153 Å². The summed E-state index contributed by atoms with van der Waals surface area (Å²) >= 11 is 0. The molecule has 144 valence electrons. The molecule has 1 amide bonds. The number of nitrogens with zero attached hydrogens (tertiary/aromatic N) is 1. The highest BCUT2D eigenvalue weighted by Gasteiger charge is 2.30. The molecule has 0 aliphatic carbocycles. The number of carbonyl (C=O) groups excluding carboxylic acids is 1. The molecule has 1 aromatic carbocycles. The van der Waals surface area contributed by atoms with Crippen LogP contribution in [0.4, 0.5) is 0 Å². The number of ether oxygens (including phenoxy) is 3. The monoisotopic (exact) mass is 365 g/mol. The summed E-state index contributed by atoms with van der Waals surface area (Å²) in [6.07, 6.45) is 1.58. The van der Waals surface area contributed by atoms with Crippen LogP contribution in [-0.2, 0) is 9.53 Å². The SMILES string of the molecule is CCCOc1ccc(C(=O)N2CCOCC2CC(=O)O)cc1OCCC. The van der Waals surface area contributed by atoms with Crippen LogP contribution in [0.25, 0.3) is 0 Å². The van der Waals surface area contributed by atoms with Gasteiger partial charge in [-0.3, -0.25) is 9.59 Å². The van der Waals surface area contributed by atoms with Gasteiger partial charge in [-0.05, 0) is 31.0 Å². The molecule has 0 bridgehead atoms. The van der Waals surface area contributed by atoms with Crippen molar-refractivity contribution in [3.05, 3.63) is 23.8 Å². The number of benzene rings is 1.